The first-order chi connectivity index (χ1) is 28.8. The highest BCUT2D eigenvalue weighted by Crippen LogP contribution is 2.45. The van der Waals surface area contributed by atoms with Gasteiger partial charge in [0.05, 0.1) is 11.0 Å². The fraction of sp³-hybridized carbons (Fsp3) is 0. The lowest BCUT2D eigenvalue weighted by atomic mass is 9.99. The SMILES string of the molecule is c1ccc(N(c2cccc(-c3cccc4c3oc3ccccc34)c2)c2cc(-c3ccc(-n4c5ccccc5c5ccccc54)cc3)c3oc4ccccc4c3c2)cc1. The standard InChI is InChI=1S/C54H34N2O2/c1-2-15-37(16-3-1)55(39-17-12-14-36(32-39)41-22-13-23-46-44-20-6-10-26-51(44)57-53(41)46)40-33-47(54-48(34-40)45-21-7-11-27-52(45)58-54)35-28-30-38(31-29-35)56-49-24-8-4-18-42(49)43-19-5-9-25-50(43)56/h1-34H. The number of furan rings is 2. The van der Waals surface area contributed by atoms with Crippen molar-refractivity contribution in [1.82, 2.24) is 4.57 Å². The number of aromatic nitrogens is 1. The van der Waals surface area contributed by atoms with Crippen LogP contribution in [0.2, 0.25) is 0 Å². The van der Waals surface area contributed by atoms with E-state index in [1.807, 2.05) is 18.2 Å². The Morgan fingerprint density at radius 2 is 0.879 bits per heavy atom. The van der Waals surface area contributed by atoms with E-state index in [-0.39, 0.29) is 0 Å². The van der Waals surface area contributed by atoms with Gasteiger partial charge >= 0.3 is 0 Å². The summed E-state index contributed by atoms with van der Waals surface area (Å²) in [6.45, 7) is 0. The van der Waals surface area contributed by atoms with E-state index in [0.29, 0.717) is 0 Å². The van der Waals surface area contributed by atoms with Crippen molar-refractivity contribution in [3.05, 3.63) is 206 Å². The zero-order chi connectivity index (χ0) is 38.2. The van der Waals surface area contributed by atoms with Crippen LogP contribution in [0.3, 0.4) is 0 Å². The highest BCUT2D eigenvalue weighted by molar-refractivity contribution is 6.13. The van der Waals surface area contributed by atoms with Gasteiger partial charge in [-0.2, -0.15) is 0 Å². The van der Waals surface area contributed by atoms with E-state index >= 15 is 0 Å². The van der Waals surface area contributed by atoms with Crippen molar-refractivity contribution in [2.24, 2.45) is 0 Å². The normalized spacial score (nSPS) is 11.8. The zero-order valence-corrected chi connectivity index (χ0v) is 31.3. The number of hydrogen-bond acceptors (Lipinski definition) is 3. The molecule has 3 aromatic heterocycles. The van der Waals surface area contributed by atoms with Crippen LogP contribution in [0, 0.1) is 0 Å². The second-order valence-corrected chi connectivity index (χ2v) is 14.9. The quantitative estimate of drug-likeness (QED) is 0.170. The molecule has 0 aliphatic rings. The summed E-state index contributed by atoms with van der Waals surface area (Å²) in [4.78, 5) is 2.35. The molecular formula is C54H34N2O2. The Morgan fingerprint density at radius 1 is 0.328 bits per heavy atom. The van der Waals surface area contributed by atoms with E-state index in [4.69, 9.17) is 8.83 Å². The first kappa shape index (κ1) is 32.4. The Bertz CT molecular complexity index is 3460. The number of anilines is 3. The highest BCUT2D eigenvalue weighted by atomic mass is 16.3. The fourth-order valence-corrected chi connectivity index (χ4v) is 8.96. The van der Waals surface area contributed by atoms with E-state index in [9.17, 15) is 0 Å². The number of rotatable bonds is 6. The maximum atomic E-state index is 6.71. The third kappa shape index (κ3) is 5.02. The van der Waals surface area contributed by atoms with Crippen LogP contribution < -0.4 is 4.90 Å². The summed E-state index contributed by atoms with van der Waals surface area (Å²) in [5.41, 5.74) is 14.4. The van der Waals surface area contributed by atoms with E-state index in [0.717, 1.165) is 88.9 Å². The summed E-state index contributed by atoms with van der Waals surface area (Å²) in [7, 11) is 0. The maximum Gasteiger partial charge on any atom is 0.143 e. The van der Waals surface area contributed by atoms with Crippen LogP contribution in [0.15, 0.2) is 215 Å². The van der Waals surface area contributed by atoms with Gasteiger partial charge < -0.3 is 18.3 Å². The van der Waals surface area contributed by atoms with E-state index in [1.165, 1.54) is 21.8 Å². The summed E-state index contributed by atoms with van der Waals surface area (Å²) in [6, 6.07) is 73.1. The monoisotopic (exact) mass is 742 g/mol. The molecule has 4 heteroatoms. The Kier molecular flexibility index (Phi) is 7.20. The molecule has 0 fully saturated rings. The summed E-state index contributed by atoms with van der Waals surface area (Å²) in [6.07, 6.45) is 0. The smallest absolute Gasteiger partial charge is 0.143 e. The molecule has 4 nitrogen and oxygen atoms in total. The molecule has 0 saturated heterocycles. The molecule has 0 radical (unpaired) electrons. The molecule has 0 atom stereocenters. The predicted molar refractivity (Wildman–Crippen MR) is 241 cm³/mol. The molecule has 0 amide bonds. The number of fused-ring (bicyclic) bond motifs is 9. The molecule has 0 N–H and O–H groups in total. The van der Waals surface area contributed by atoms with E-state index < -0.39 is 0 Å². The molecule has 58 heavy (non-hydrogen) atoms. The van der Waals surface area contributed by atoms with Crippen molar-refractivity contribution >= 4 is 82.7 Å². The Balaban J connectivity index is 1.05. The summed E-state index contributed by atoms with van der Waals surface area (Å²) in [5.74, 6) is 0. The number of benzene rings is 9. The van der Waals surface area contributed by atoms with Gasteiger partial charge in [0.15, 0.2) is 0 Å². The Labute approximate surface area is 334 Å². The third-order valence-corrected chi connectivity index (χ3v) is 11.6. The van der Waals surface area contributed by atoms with Crippen molar-refractivity contribution in [3.8, 4) is 27.9 Å². The number of para-hydroxylation sites is 6. The topological polar surface area (TPSA) is 34.5 Å². The molecule has 0 unspecified atom stereocenters. The van der Waals surface area contributed by atoms with Crippen LogP contribution in [-0.4, -0.2) is 4.57 Å². The van der Waals surface area contributed by atoms with E-state index in [1.54, 1.807) is 0 Å². The lowest BCUT2D eigenvalue weighted by Gasteiger charge is -2.27. The fourth-order valence-electron chi connectivity index (χ4n) is 8.96. The average molecular weight is 743 g/mol. The largest absolute Gasteiger partial charge is 0.455 e. The molecule has 0 saturated carbocycles. The maximum absolute atomic E-state index is 6.71. The van der Waals surface area contributed by atoms with Gasteiger partial charge in [-0.05, 0) is 83.9 Å². The van der Waals surface area contributed by atoms with Gasteiger partial charge in [0, 0.05) is 66.2 Å². The molecule has 272 valence electrons. The second-order valence-electron chi connectivity index (χ2n) is 14.9. The Morgan fingerprint density at radius 3 is 1.59 bits per heavy atom. The van der Waals surface area contributed by atoms with Crippen LogP contribution in [-0.2, 0) is 0 Å². The summed E-state index contributed by atoms with van der Waals surface area (Å²) in [5, 5.41) is 6.89. The minimum absolute atomic E-state index is 0.866. The summed E-state index contributed by atoms with van der Waals surface area (Å²) >= 11 is 0. The first-order valence-corrected chi connectivity index (χ1v) is 19.7. The highest BCUT2D eigenvalue weighted by Gasteiger charge is 2.21. The Hall–Kier alpha value is -7.82. The molecule has 0 aliphatic carbocycles. The van der Waals surface area contributed by atoms with Gasteiger partial charge in [-0.1, -0.05) is 133 Å². The molecule has 9 aromatic carbocycles. The third-order valence-electron chi connectivity index (χ3n) is 11.6. The van der Waals surface area contributed by atoms with Crippen molar-refractivity contribution in [2.45, 2.75) is 0 Å². The lowest BCUT2D eigenvalue weighted by molar-refractivity contribution is 0.669. The van der Waals surface area contributed by atoms with Gasteiger partial charge in [-0.15, -0.1) is 0 Å². The second kappa shape index (κ2) is 12.9. The molecule has 0 aliphatic heterocycles. The van der Waals surface area contributed by atoms with Crippen molar-refractivity contribution < 1.29 is 8.83 Å². The molecule has 12 rings (SSSR count). The van der Waals surface area contributed by atoms with Gasteiger partial charge in [-0.25, -0.2) is 0 Å². The predicted octanol–water partition coefficient (Wildman–Crippen LogP) is 15.4. The van der Waals surface area contributed by atoms with Crippen LogP contribution in [0.1, 0.15) is 0 Å². The molecular weight excluding hydrogens is 709 g/mol. The van der Waals surface area contributed by atoms with Crippen molar-refractivity contribution in [1.29, 1.82) is 0 Å². The summed E-state index contributed by atoms with van der Waals surface area (Å²) < 4.78 is 15.6. The average Bonchev–Trinajstić information content (AvgIpc) is 3.97. The molecule has 3 heterocycles. The van der Waals surface area contributed by atoms with Gasteiger partial charge in [-0.3, -0.25) is 0 Å². The van der Waals surface area contributed by atoms with E-state index in [2.05, 4.69) is 198 Å². The number of nitrogens with zero attached hydrogens (tertiary/aromatic N) is 2. The minimum Gasteiger partial charge on any atom is -0.455 e. The van der Waals surface area contributed by atoms with Gasteiger partial charge in [0.1, 0.15) is 22.3 Å². The molecule has 12 aromatic rings. The van der Waals surface area contributed by atoms with Gasteiger partial charge in [0.2, 0.25) is 0 Å². The molecule has 0 bridgehead atoms. The van der Waals surface area contributed by atoms with Crippen molar-refractivity contribution in [3.63, 3.8) is 0 Å². The zero-order valence-electron chi connectivity index (χ0n) is 31.3. The van der Waals surface area contributed by atoms with Crippen LogP contribution in [0.5, 0.6) is 0 Å². The van der Waals surface area contributed by atoms with Crippen LogP contribution in [0.25, 0.3) is 93.6 Å². The van der Waals surface area contributed by atoms with Gasteiger partial charge in [0.25, 0.3) is 0 Å². The first-order valence-electron chi connectivity index (χ1n) is 19.7. The number of hydrogen-bond donors (Lipinski definition) is 0. The minimum atomic E-state index is 0.866. The van der Waals surface area contributed by atoms with Crippen LogP contribution >= 0.6 is 0 Å². The molecule has 0 spiro atoms. The van der Waals surface area contributed by atoms with Crippen molar-refractivity contribution in [2.75, 3.05) is 4.90 Å². The lowest BCUT2D eigenvalue weighted by Crippen LogP contribution is -2.10. The van der Waals surface area contributed by atoms with Crippen LogP contribution in [0.4, 0.5) is 17.1 Å².